The van der Waals surface area contributed by atoms with Crippen molar-refractivity contribution in [2.75, 3.05) is 19.8 Å². The summed E-state index contributed by atoms with van der Waals surface area (Å²) in [5.41, 5.74) is 2.58. The molecule has 154 valence electrons. The van der Waals surface area contributed by atoms with Crippen molar-refractivity contribution in [1.29, 1.82) is 0 Å². The molecule has 3 heterocycles. The van der Waals surface area contributed by atoms with Crippen LogP contribution in [-0.2, 0) is 6.54 Å². The van der Waals surface area contributed by atoms with Crippen LogP contribution < -0.4 is 14.2 Å². The number of hydrogen-bond acceptors (Lipinski definition) is 5. The van der Waals surface area contributed by atoms with E-state index in [0.29, 0.717) is 19.3 Å². The van der Waals surface area contributed by atoms with Gasteiger partial charge in [0, 0.05) is 23.3 Å². The average Bonchev–Trinajstić information content (AvgIpc) is 3.23. The van der Waals surface area contributed by atoms with Crippen molar-refractivity contribution in [1.82, 2.24) is 9.88 Å². The Balaban J connectivity index is 1.27. The van der Waals surface area contributed by atoms with E-state index in [-0.39, 0.29) is 0 Å². The van der Waals surface area contributed by atoms with Gasteiger partial charge in [-0.25, -0.2) is 0 Å². The van der Waals surface area contributed by atoms with Crippen LogP contribution in [0.1, 0.15) is 30.0 Å². The van der Waals surface area contributed by atoms with Crippen molar-refractivity contribution in [3.8, 4) is 23.0 Å². The molecule has 0 N–H and O–H groups in total. The number of hydrogen-bond donors (Lipinski definition) is 0. The topological polar surface area (TPSA) is 43.8 Å². The van der Waals surface area contributed by atoms with E-state index in [1.54, 1.807) is 12.4 Å². The first-order chi connectivity index (χ1) is 14.7. The predicted molar refractivity (Wildman–Crippen MR) is 118 cm³/mol. The van der Waals surface area contributed by atoms with Crippen LogP contribution in [0, 0.1) is 0 Å². The van der Waals surface area contributed by atoms with Gasteiger partial charge in [0.15, 0.2) is 11.5 Å². The molecule has 1 atom stereocenters. The third kappa shape index (κ3) is 4.30. The molecule has 0 amide bonds. The van der Waals surface area contributed by atoms with Crippen molar-refractivity contribution in [2.24, 2.45) is 0 Å². The molecule has 0 saturated carbocycles. The van der Waals surface area contributed by atoms with Gasteiger partial charge >= 0.3 is 0 Å². The molecule has 5 rings (SSSR count). The van der Waals surface area contributed by atoms with Crippen LogP contribution in [0.5, 0.6) is 23.0 Å². The summed E-state index contributed by atoms with van der Waals surface area (Å²) in [6, 6.07) is 17.0. The fraction of sp³-hybridized carbons (Fsp3) is 0.292. The van der Waals surface area contributed by atoms with Gasteiger partial charge in [-0.2, -0.15) is 0 Å². The number of rotatable bonds is 5. The van der Waals surface area contributed by atoms with Crippen molar-refractivity contribution < 1.29 is 14.2 Å². The molecule has 0 bridgehead atoms. The van der Waals surface area contributed by atoms with Gasteiger partial charge in [-0.1, -0.05) is 18.2 Å². The maximum absolute atomic E-state index is 5.90. The van der Waals surface area contributed by atoms with Crippen molar-refractivity contribution in [2.45, 2.75) is 25.4 Å². The van der Waals surface area contributed by atoms with Crippen LogP contribution in [0.4, 0.5) is 0 Å². The zero-order valence-electron chi connectivity index (χ0n) is 16.6. The second-order valence-electron chi connectivity index (χ2n) is 7.62. The Morgan fingerprint density at radius 1 is 0.967 bits per heavy atom. The Morgan fingerprint density at radius 3 is 2.63 bits per heavy atom. The Labute approximate surface area is 184 Å². The van der Waals surface area contributed by atoms with E-state index in [9.17, 15) is 0 Å². The van der Waals surface area contributed by atoms with E-state index in [1.165, 1.54) is 17.5 Å². The number of nitrogens with zero attached hydrogens (tertiary/aromatic N) is 2. The second kappa shape index (κ2) is 8.66. The molecule has 1 aromatic heterocycles. The van der Waals surface area contributed by atoms with Crippen molar-refractivity contribution >= 4 is 15.9 Å². The molecule has 2 aliphatic rings. The molecule has 2 aliphatic heterocycles. The first-order valence-corrected chi connectivity index (χ1v) is 11.0. The fourth-order valence-corrected chi connectivity index (χ4v) is 4.49. The molecule has 0 spiro atoms. The molecule has 1 saturated heterocycles. The van der Waals surface area contributed by atoms with Gasteiger partial charge < -0.3 is 14.2 Å². The van der Waals surface area contributed by atoms with Gasteiger partial charge in [0.2, 0.25) is 0 Å². The molecule has 6 heteroatoms. The van der Waals surface area contributed by atoms with Gasteiger partial charge in [-0.15, -0.1) is 0 Å². The average molecular weight is 467 g/mol. The lowest BCUT2D eigenvalue weighted by molar-refractivity contribution is 0.170. The number of aromatic nitrogens is 1. The molecule has 1 unspecified atom stereocenters. The Morgan fingerprint density at radius 2 is 1.80 bits per heavy atom. The fourth-order valence-electron chi connectivity index (χ4n) is 4.14. The second-order valence-corrected chi connectivity index (χ2v) is 8.53. The summed E-state index contributed by atoms with van der Waals surface area (Å²) in [5, 5.41) is 0. The van der Waals surface area contributed by atoms with Gasteiger partial charge in [-0.3, -0.25) is 9.88 Å². The molecule has 3 aromatic rings. The van der Waals surface area contributed by atoms with E-state index in [0.717, 1.165) is 47.0 Å². The number of fused-ring (bicyclic) bond motifs is 1. The Bertz CT molecular complexity index is 1030. The largest absolute Gasteiger partial charge is 0.486 e. The minimum Gasteiger partial charge on any atom is -0.486 e. The number of benzene rings is 2. The van der Waals surface area contributed by atoms with Crippen LogP contribution >= 0.6 is 15.9 Å². The van der Waals surface area contributed by atoms with E-state index in [4.69, 9.17) is 14.2 Å². The molecule has 1 fully saturated rings. The van der Waals surface area contributed by atoms with E-state index in [1.807, 2.05) is 24.3 Å². The van der Waals surface area contributed by atoms with Gasteiger partial charge in [0.05, 0.1) is 6.20 Å². The molecular formula is C24H23BrN2O3. The van der Waals surface area contributed by atoms with Crippen LogP contribution in [0.25, 0.3) is 0 Å². The zero-order chi connectivity index (χ0) is 20.3. The standard InChI is InChI=1S/C24H23BrN2O3/c25-19-13-21(15-26-14-19)30-20-6-3-17(4-7-20)16-27-9-1-2-22(27)18-5-8-23-24(12-18)29-11-10-28-23/h3-8,12-15,22H,1-2,9-11,16H2. The van der Waals surface area contributed by atoms with E-state index in [2.05, 4.69) is 50.1 Å². The maximum atomic E-state index is 5.90. The van der Waals surface area contributed by atoms with Gasteiger partial charge in [-0.05, 0) is 76.8 Å². The van der Waals surface area contributed by atoms with Crippen LogP contribution in [-0.4, -0.2) is 29.6 Å². The summed E-state index contributed by atoms with van der Waals surface area (Å²) >= 11 is 3.42. The lowest BCUT2D eigenvalue weighted by Gasteiger charge is -2.26. The molecule has 0 radical (unpaired) electrons. The smallest absolute Gasteiger partial charge is 0.161 e. The summed E-state index contributed by atoms with van der Waals surface area (Å²) in [7, 11) is 0. The Hall–Kier alpha value is -2.57. The van der Waals surface area contributed by atoms with E-state index >= 15 is 0 Å². The molecular weight excluding hydrogens is 444 g/mol. The van der Waals surface area contributed by atoms with Crippen molar-refractivity contribution in [3.05, 3.63) is 76.5 Å². The SMILES string of the molecule is Brc1cncc(Oc2ccc(CN3CCCC3c3ccc4c(c3)OCCO4)cc2)c1. The maximum Gasteiger partial charge on any atom is 0.161 e. The summed E-state index contributed by atoms with van der Waals surface area (Å²) in [4.78, 5) is 6.68. The van der Waals surface area contributed by atoms with Crippen LogP contribution in [0.15, 0.2) is 65.4 Å². The quantitative estimate of drug-likeness (QED) is 0.479. The lowest BCUT2D eigenvalue weighted by atomic mass is 10.0. The third-order valence-corrected chi connectivity index (χ3v) is 5.97. The highest BCUT2D eigenvalue weighted by molar-refractivity contribution is 9.10. The van der Waals surface area contributed by atoms with Crippen molar-refractivity contribution in [3.63, 3.8) is 0 Å². The zero-order valence-corrected chi connectivity index (χ0v) is 18.2. The monoisotopic (exact) mass is 466 g/mol. The highest BCUT2D eigenvalue weighted by Crippen LogP contribution is 2.38. The van der Waals surface area contributed by atoms with Crippen LogP contribution in [0.2, 0.25) is 0 Å². The first kappa shape index (κ1) is 19.4. The first-order valence-electron chi connectivity index (χ1n) is 10.3. The minimum atomic E-state index is 0.407. The van der Waals surface area contributed by atoms with Crippen LogP contribution in [0.3, 0.4) is 0 Å². The number of pyridine rings is 1. The predicted octanol–water partition coefficient (Wildman–Crippen LogP) is 5.74. The third-order valence-electron chi connectivity index (χ3n) is 5.54. The van der Waals surface area contributed by atoms with E-state index < -0.39 is 0 Å². The van der Waals surface area contributed by atoms with Gasteiger partial charge in [0.1, 0.15) is 24.7 Å². The van der Waals surface area contributed by atoms with Gasteiger partial charge in [0.25, 0.3) is 0 Å². The Kier molecular flexibility index (Phi) is 5.60. The summed E-state index contributed by atoms with van der Waals surface area (Å²) < 4.78 is 18.2. The molecule has 5 nitrogen and oxygen atoms in total. The highest BCUT2D eigenvalue weighted by atomic mass is 79.9. The summed E-state index contributed by atoms with van der Waals surface area (Å²) in [6.07, 6.45) is 5.82. The molecule has 30 heavy (non-hydrogen) atoms. The normalized spacial score (nSPS) is 18.4. The molecule has 0 aliphatic carbocycles. The number of ether oxygens (including phenoxy) is 3. The summed E-state index contributed by atoms with van der Waals surface area (Å²) in [6.45, 7) is 3.26. The lowest BCUT2D eigenvalue weighted by Crippen LogP contribution is -2.23. The minimum absolute atomic E-state index is 0.407. The number of likely N-dealkylation sites (tertiary alicyclic amines) is 1. The number of halogens is 1. The summed E-state index contributed by atoms with van der Waals surface area (Å²) in [5.74, 6) is 3.25. The highest BCUT2D eigenvalue weighted by Gasteiger charge is 2.27. The molecule has 2 aromatic carbocycles.